The van der Waals surface area contributed by atoms with E-state index < -0.39 is 6.09 Å². The van der Waals surface area contributed by atoms with Crippen LogP contribution in [0.5, 0.6) is 11.5 Å². The third kappa shape index (κ3) is 3.53. The summed E-state index contributed by atoms with van der Waals surface area (Å²) in [5.74, 6) is 1.02. The van der Waals surface area contributed by atoms with E-state index in [-0.39, 0.29) is 19.1 Å². The number of para-hydroxylation sites is 1. The van der Waals surface area contributed by atoms with Crippen LogP contribution in [0.3, 0.4) is 0 Å². The van der Waals surface area contributed by atoms with Crippen LogP contribution in [0.2, 0.25) is 0 Å². The van der Waals surface area contributed by atoms with Crippen LogP contribution in [-0.4, -0.2) is 32.4 Å². The quantitative estimate of drug-likeness (QED) is 0.798. The molecule has 7 nitrogen and oxygen atoms in total. The van der Waals surface area contributed by atoms with Crippen LogP contribution in [-0.2, 0) is 9.53 Å². The minimum Gasteiger partial charge on any atom is -0.454 e. The minimum absolute atomic E-state index is 0.152. The lowest BCUT2D eigenvalue weighted by molar-refractivity contribution is -0.116. The van der Waals surface area contributed by atoms with Crippen LogP contribution in [0, 0.1) is 0 Å². The molecule has 1 aliphatic heterocycles. The Morgan fingerprint density at radius 1 is 1.35 bits per heavy atom. The maximum Gasteiger partial charge on any atom is 0.406 e. The minimum atomic E-state index is -0.503. The highest BCUT2D eigenvalue weighted by molar-refractivity contribution is 5.93. The van der Waals surface area contributed by atoms with E-state index in [1.165, 1.54) is 7.11 Å². The number of fused-ring (bicyclic) bond motifs is 1. The summed E-state index contributed by atoms with van der Waals surface area (Å²) in [7, 11) is 1.29. The molecule has 1 aromatic carbocycles. The molecular formula is C13H16N2O5. The second kappa shape index (κ2) is 6.65. The first-order valence-electron chi connectivity index (χ1n) is 6.21. The summed E-state index contributed by atoms with van der Waals surface area (Å²) in [6, 6.07) is 5.30. The van der Waals surface area contributed by atoms with Gasteiger partial charge in [-0.15, -0.1) is 0 Å². The SMILES string of the molecule is COC(=O)NCCCC(=O)Nc1cccc2c1OCO2. The number of ether oxygens (including phenoxy) is 3. The Balaban J connectivity index is 1.78. The van der Waals surface area contributed by atoms with Gasteiger partial charge < -0.3 is 24.8 Å². The summed E-state index contributed by atoms with van der Waals surface area (Å²) in [4.78, 5) is 22.6. The lowest BCUT2D eigenvalue weighted by Gasteiger charge is -2.08. The van der Waals surface area contributed by atoms with E-state index in [0.717, 1.165) is 0 Å². The first-order chi connectivity index (χ1) is 9.70. The zero-order valence-corrected chi connectivity index (χ0v) is 11.1. The fraction of sp³-hybridized carbons (Fsp3) is 0.385. The largest absolute Gasteiger partial charge is 0.454 e. The first-order valence-corrected chi connectivity index (χ1v) is 6.21. The van der Waals surface area contributed by atoms with Gasteiger partial charge >= 0.3 is 6.09 Å². The maximum absolute atomic E-state index is 11.8. The zero-order valence-electron chi connectivity index (χ0n) is 11.1. The number of alkyl carbamates (subject to hydrolysis) is 1. The van der Waals surface area contributed by atoms with Gasteiger partial charge in [0, 0.05) is 13.0 Å². The summed E-state index contributed by atoms with van der Waals surface area (Å²) in [5, 5.41) is 5.26. The normalized spacial score (nSPS) is 11.8. The average Bonchev–Trinajstić information content (AvgIpc) is 2.93. The van der Waals surface area contributed by atoms with Crippen molar-refractivity contribution in [3.63, 3.8) is 0 Å². The van der Waals surface area contributed by atoms with Crippen LogP contribution in [0.4, 0.5) is 10.5 Å². The number of carbonyl (C=O) groups is 2. The van der Waals surface area contributed by atoms with E-state index in [2.05, 4.69) is 15.4 Å². The molecule has 108 valence electrons. The van der Waals surface area contributed by atoms with Gasteiger partial charge in [-0.2, -0.15) is 0 Å². The number of benzene rings is 1. The smallest absolute Gasteiger partial charge is 0.406 e. The maximum atomic E-state index is 11.8. The number of nitrogens with one attached hydrogen (secondary N) is 2. The topological polar surface area (TPSA) is 85.9 Å². The summed E-state index contributed by atoms with van der Waals surface area (Å²) in [5.41, 5.74) is 0.589. The number of anilines is 1. The zero-order chi connectivity index (χ0) is 14.4. The van der Waals surface area contributed by atoms with Gasteiger partial charge in [0.1, 0.15) is 0 Å². The number of amides is 2. The van der Waals surface area contributed by atoms with E-state index in [4.69, 9.17) is 9.47 Å². The fourth-order valence-electron chi connectivity index (χ4n) is 1.75. The van der Waals surface area contributed by atoms with Crippen LogP contribution in [0.1, 0.15) is 12.8 Å². The molecule has 0 saturated heterocycles. The Hall–Kier alpha value is -2.44. The van der Waals surface area contributed by atoms with Crippen LogP contribution >= 0.6 is 0 Å². The average molecular weight is 280 g/mol. The Kier molecular flexibility index (Phi) is 4.65. The second-order valence-corrected chi connectivity index (χ2v) is 4.11. The van der Waals surface area contributed by atoms with Gasteiger partial charge in [0.05, 0.1) is 12.8 Å². The van der Waals surface area contributed by atoms with Crippen molar-refractivity contribution in [2.24, 2.45) is 0 Å². The number of hydrogen-bond donors (Lipinski definition) is 2. The second-order valence-electron chi connectivity index (χ2n) is 4.11. The standard InChI is InChI=1S/C13H16N2O5/c1-18-13(17)14-7-3-6-11(16)15-9-4-2-5-10-12(9)20-8-19-10/h2,4-5H,3,6-8H2,1H3,(H,14,17)(H,15,16). The van der Waals surface area contributed by atoms with Crippen LogP contribution < -0.4 is 20.1 Å². The van der Waals surface area contributed by atoms with E-state index >= 15 is 0 Å². The molecule has 0 unspecified atom stereocenters. The predicted molar refractivity (Wildman–Crippen MR) is 70.8 cm³/mol. The summed E-state index contributed by atoms with van der Waals surface area (Å²) < 4.78 is 14.9. The highest BCUT2D eigenvalue weighted by atomic mass is 16.7. The number of carbonyl (C=O) groups excluding carboxylic acids is 2. The van der Waals surface area contributed by atoms with Crippen molar-refractivity contribution in [3.8, 4) is 11.5 Å². The summed E-state index contributed by atoms with van der Waals surface area (Å²) in [6.07, 6.45) is 0.304. The molecule has 7 heteroatoms. The van der Waals surface area contributed by atoms with Crippen molar-refractivity contribution >= 4 is 17.7 Å². The molecule has 0 spiro atoms. The molecule has 1 aromatic rings. The summed E-state index contributed by atoms with van der Waals surface area (Å²) in [6.45, 7) is 0.540. The number of hydrogen-bond acceptors (Lipinski definition) is 5. The van der Waals surface area contributed by atoms with Gasteiger partial charge in [0.2, 0.25) is 12.7 Å². The van der Waals surface area contributed by atoms with Crippen molar-refractivity contribution in [1.82, 2.24) is 5.32 Å². The Morgan fingerprint density at radius 2 is 2.20 bits per heavy atom. The Bertz CT molecular complexity index is 504. The molecule has 2 amide bonds. The predicted octanol–water partition coefficient (Wildman–Crippen LogP) is 1.49. The molecule has 0 saturated carbocycles. The van der Waals surface area contributed by atoms with Crippen molar-refractivity contribution in [2.75, 3.05) is 25.8 Å². The van der Waals surface area contributed by atoms with E-state index in [1.54, 1.807) is 18.2 Å². The van der Waals surface area contributed by atoms with Crippen LogP contribution in [0.25, 0.3) is 0 Å². The Labute approximate surface area is 116 Å². The molecule has 0 bridgehead atoms. The molecule has 0 aromatic heterocycles. The molecule has 1 heterocycles. The Morgan fingerprint density at radius 3 is 3.00 bits per heavy atom. The molecule has 2 rings (SSSR count). The molecular weight excluding hydrogens is 264 g/mol. The third-order valence-corrected chi connectivity index (χ3v) is 2.71. The number of rotatable bonds is 5. The molecule has 2 N–H and O–H groups in total. The van der Waals surface area contributed by atoms with Crippen molar-refractivity contribution in [3.05, 3.63) is 18.2 Å². The first kappa shape index (κ1) is 14.0. The molecule has 20 heavy (non-hydrogen) atoms. The van der Waals surface area contributed by atoms with Gasteiger partial charge in [-0.25, -0.2) is 4.79 Å². The lowest BCUT2D eigenvalue weighted by Crippen LogP contribution is -2.25. The third-order valence-electron chi connectivity index (χ3n) is 2.71. The molecule has 0 fully saturated rings. The van der Waals surface area contributed by atoms with Gasteiger partial charge in [0.25, 0.3) is 0 Å². The van der Waals surface area contributed by atoms with Gasteiger partial charge in [-0.1, -0.05) is 6.07 Å². The molecule has 1 aliphatic rings. The van der Waals surface area contributed by atoms with Crippen molar-refractivity contribution < 1.29 is 23.8 Å². The summed E-state index contributed by atoms with van der Waals surface area (Å²) >= 11 is 0. The van der Waals surface area contributed by atoms with E-state index in [9.17, 15) is 9.59 Å². The van der Waals surface area contributed by atoms with Gasteiger partial charge in [-0.05, 0) is 18.6 Å². The molecule has 0 atom stereocenters. The highest BCUT2D eigenvalue weighted by Crippen LogP contribution is 2.38. The fourth-order valence-corrected chi connectivity index (χ4v) is 1.75. The monoisotopic (exact) mass is 280 g/mol. The van der Waals surface area contributed by atoms with Gasteiger partial charge in [-0.3, -0.25) is 4.79 Å². The molecule has 0 aliphatic carbocycles. The van der Waals surface area contributed by atoms with Crippen LogP contribution in [0.15, 0.2) is 18.2 Å². The van der Waals surface area contributed by atoms with Gasteiger partial charge in [0.15, 0.2) is 11.5 Å². The lowest BCUT2D eigenvalue weighted by atomic mass is 10.2. The molecule has 0 radical (unpaired) electrons. The number of methoxy groups -OCH3 is 1. The van der Waals surface area contributed by atoms with E-state index in [0.29, 0.717) is 30.2 Å². The van der Waals surface area contributed by atoms with E-state index in [1.807, 2.05) is 0 Å². The highest BCUT2D eigenvalue weighted by Gasteiger charge is 2.18. The van der Waals surface area contributed by atoms with Crippen molar-refractivity contribution in [2.45, 2.75) is 12.8 Å². The van der Waals surface area contributed by atoms with Crippen molar-refractivity contribution in [1.29, 1.82) is 0 Å².